The lowest BCUT2D eigenvalue weighted by Gasteiger charge is -2.03. The van der Waals surface area contributed by atoms with Crippen LogP contribution in [0.3, 0.4) is 0 Å². The smallest absolute Gasteiger partial charge is 0.125 e. The van der Waals surface area contributed by atoms with Gasteiger partial charge in [-0.1, -0.05) is 6.92 Å². The van der Waals surface area contributed by atoms with Crippen molar-refractivity contribution >= 4 is 0 Å². The molecule has 0 saturated heterocycles. The van der Waals surface area contributed by atoms with Crippen LogP contribution in [0.2, 0.25) is 0 Å². The Morgan fingerprint density at radius 1 is 1.73 bits per heavy atom. The first-order valence-electron chi connectivity index (χ1n) is 3.75. The molecule has 4 heteroatoms. The molecule has 1 heterocycles. The van der Waals surface area contributed by atoms with Crippen molar-refractivity contribution in [2.75, 3.05) is 0 Å². The van der Waals surface area contributed by atoms with Crippen LogP contribution in [0.1, 0.15) is 19.2 Å². The third-order valence-corrected chi connectivity index (χ3v) is 1.50. The second kappa shape index (κ2) is 4.10. The first kappa shape index (κ1) is 8.23. The summed E-state index contributed by atoms with van der Waals surface area (Å²) in [6.07, 6.45) is 4.73. The molecular weight excluding hydrogens is 142 g/mol. The van der Waals surface area contributed by atoms with Gasteiger partial charge in [-0.15, -0.1) is 0 Å². The molecule has 0 saturated carbocycles. The molecule has 4 nitrogen and oxygen atoms in total. The minimum absolute atomic E-state index is 0.410. The molecule has 0 spiro atoms. The molecule has 0 aliphatic carbocycles. The maximum Gasteiger partial charge on any atom is 0.125 e. The Kier molecular flexibility index (Phi) is 3.07. The van der Waals surface area contributed by atoms with Crippen LogP contribution in [0.5, 0.6) is 0 Å². The number of rotatable bonds is 4. The number of imidazole rings is 1. The number of nitrogens with zero attached hydrogens (tertiary/aromatic N) is 2. The van der Waals surface area contributed by atoms with E-state index in [1.165, 1.54) is 0 Å². The van der Waals surface area contributed by atoms with Gasteiger partial charge in [-0.05, 0) is 6.42 Å². The van der Waals surface area contributed by atoms with Crippen LogP contribution in [0, 0.1) is 0 Å². The Labute approximate surface area is 65.8 Å². The minimum Gasteiger partial charge on any atom is -0.334 e. The van der Waals surface area contributed by atoms with Gasteiger partial charge in [0.25, 0.3) is 0 Å². The molecule has 1 aromatic heterocycles. The fourth-order valence-electron chi connectivity index (χ4n) is 1.02. The Bertz CT molecular complexity index is 189. The summed E-state index contributed by atoms with van der Waals surface area (Å²) in [6.45, 7) is 3.47. The highest BCUT2D eigenvalue weighted by atomic mass is 16.5. The molecular formula is C7H13N3O. The molecule has 1 rings (SSSR count). The first-order chi connectivity index (χ1) is 5.38. The van der Waals surface area contributed by atoms with E-state index in [4.69, 9.17) is 5.21 Å². The van der Waals surface area contributed by atoms with E-state index in [0.29, 0.717) is 6.54 Å². The standard InChI is InChI=1S/C7H13N3O/c1-2-4-10-5-3-8-7(10)6-9-11/h3,5,9,11H,2,4,6H2,1H3. The summed E-state index contributed by atoms with van der Waals surface area (Å²) < 4.78 is 2.02. The second-order valence-corrected chi connectivity index (χ2v) is 2.37. The maximum atomic E-state index is 8.43. The second-order valence-electron chi connectivity index (χ2n) is 2.37. The third-order valence-electron chi connectivity index (χ3n) is 1.50. The zero-order valence-electron chi connectivity index (χ0n) is 6.62. The number of hydroxylamine groups is 1. The fourth-order valence-corrected chi connectivity index (χ4v) is 1.02. The van der Waals surface area contributed by atoms with Crippen LogP contribution in [0.15, 0.2) is 12.4 Å². The van der Waals surface area contributed by atoms with E-state index in [1.807, 2.05) is 10.8 Å². The van der Waals surface area contributed by atoms with Gasteiger partial charge in [0.1, 0.15) is 5.82 Å². The number of aromatic nitrogens is 2. The van der Waals surface area contributed by atoms with Crippen molar-refractivity contribution in [3.8, 4) is 0 Å². The number of hydrogen-bond donors (Lipinski definition) is 2. The van der Waals surface area contributed by atoms with E-state index in [0.717, 1.165) is 18.8 Å². The van der Waals surface area contributed by atoms with Gasteiger partial charge in [-0.3, -0.25) is 0 Å². The summed E-state index contributed by atoms with van der Waals surface area (Å²) in [5.74, 6) is 0.870. The predicted molar refractivity (Wildman–Crippen MR) is 41.1 cm³/mol. The molecule has 0 radical (unpaired) electrons. The highest BCUT2D eigenvalue weighted by Crippen LogP contribution is 1.97. The average Bonchev–Trinajstić information content (AvgIpc) is 2.39. The van der Waals surface area contributed by atoms with Crippen LogP contribution < -0.4 is 5.48 Å². The summed E-state index contributed by atoms with van der Waals surface area (Å²) in [5.41, 5.74) is 2.09. The van der Waals surface area contributed by atoms with Crippen LogP contribution in [0.4, 0.5) is 0 Å². The molecule has 0 aromatic carbocycles. The minimum atomic E-state index is 0.410. The van der Waals surface area contributed by atoms with E-state index in [1.54, 1.807) is 6.20 Å². The summed E-state index contributed by atoms with van der Waals surface area (Å²) >= 11 is 0. The normalized spacial score (nSPS) is 10.4. The van der Waals surface area contributed by atoms with Crippen LogP contribution >= 0.6 is 0 Å². The maximum absolute atomic E-state index is 8.43. The predicted octanol–water partition coefficient (Wildman–Crippen LogP) is 0.772. The van der Waals surface area contributed by atoms with Gasteiger partial charge >= 0.3 is 0 Å². The average molecular weight is 155 g/mol. The topological polar surface area (TPSA) is 50.1 Å². The number of aryl methyl sites for hydroxylation is 1. The SMILES string of the molecule is CCCn1ccnc1CNO. The Morgan fingerprint density at radius 2 is 2.55 bits per heavy atom. The van der Waals surface area contributed by atoms with Crippen LogP contribution in [-0.4, -0.2) is 14.8 Å². The van der Waals surface area contributed by atoms with Crippen molar-refractivity contribution in [1.82, 2.24) is 15.0 Å². The lowest BCUT2D eigenvalue weighted by molar-refractivity contribution is 0.157. The van der Waals surface area contributed by atoms with Crippen molar-refractivity contribution in [3.63, 3.8) is 0 Å². The van der Waals surface area contributed by atoms with E-state index in [2.05, 4.69) is 17.4 Å². The Morgan fingerprint density at radius 3 is 3.18 bits per heavy atom. The number of nitrogens with one attached hydrogen (secondary N) is 1. The lowest BCUT2D eigenvalue weighted by atomic mass is 10.4. The van der Waals surface area contributed by atoms with Gasteiger partial charge in [0, 0.05) is 18.9 Å². The molecule has 0 fully saturated rings. The lowest BCUT2D eigenvalue weighted by Crippen LogP contribution is -2.12. The summed E-state index contributed by atoms with van der Waals surface area (Å²) in [6, 6.07) is 0. The molecule has 0 aliphatic rings. The summed E-state index contributed by atoms with van der Waals surface area (Å²) in [4.78, 5) is 4.06. The van der Waals surface area contributed by atoms with Gasteiger partial charge in [0.05, 0.1) is 6.54 Å². The monoisotopic (exact) mass is 155 g/mol. The molecule has 2 N–H and O–H groups in total. The molecule has 62 valence electrons. The quantitative estimate of drug-likeness (QED) is 0.631. The summed E-state index contributed by atoms with van der Waals surface area (Å²) in [7, 11) is 0. The molecule has 0 unspecified atom stereocenters. The van der Waals surface area contributed by atoms with Crippen molar-refractivity contribution < 1.29 is 5.21 Å². The van der Waals surface area contributed by atoms with E-state index in [-0.39, 0.29) is 0 Å². The highest BCUT2D eigenvalue weighted by molar-refractivity contribution is 4.90. The van der Waals surface area contributed by atoms with Crippen molar-refractivity contribution in [1.29, 1.82) is 0 Å². The molecule has 0 atom stereocenters. The zero-order valence-corrected chi connectivity index (χ0v) is 6.62. The Hall–Kier alpha value is -0.870. The van der Waals surface area contributed by atoms with Gasteiger partial charge in [0.2, 0.25) is 0 Å². The van der Waals surface area contributed by atoms with Crippen molar-refractivity contribution in [2.24, 2.45) is 0 Å². The van der Waals surface area contributed by atoms with E-state index >= 15 is 0 Å². The third kappa shape index (κ3) is 2.03. The fraction of sp³-hybridized carbons (Fsp3) is 0.571. The van der Waals surface area contributed by atoms with Crippen LogP contribution in [-0.2, 0) is 13.1 Å². The van der Waals surface area contributed by atoms with Crippen molar-refractivity contribution in [3.05, 3.63) is 18.2 Å². The summed E-state index contributed by atoms with van der Waals surface area (Å²) in [5, 5.41) is 8.43. The van der Waals surface area contributed by atoms with Gasteiger partial charge < -0.3 is 9.77 Å². The van der Waals surface area contributed by atoms with Gasteiger partial charge in [-0.25, -0.2) is 4.98 Å². The van der Waals surface area contributed by atoms with Gasteiger partial charge in [0.15, 0.2) is 0 Å². The highest BCUT2D eigenvalue weighted by Gasteiger charge is 1.98. The molecule has 0 amide bonds. The van der Waals surface area contributed by atoms with Crippen LogP contribution in [0.25, 0.3) is 0 Å². The first-order valence-corrected chi connectivity index (χ1v) is 3.75. The molecule has 11 heavy (non-hydrogen) atoms. The van der Waals surface area contributed by atoms with E-state index in [9.17, 15) is 0 Å². The Balaban J connectivity index is 2.62. The molecule has 1 aromatic rings. The van der Waals surface area contributed by atoms with E-state index < -0.39 is 0 Å². The van der Waals surface area contributed by atoms with Crippen molar-refractivity contribution in [2.45, 2.75) is 26.4 Å². The number of hydrogen-bond acceptors (Lipinski definition) is 3. The zero-order chi connectivity index (χ0) is 8.10. The molecule has 0 aliphatic heterocycles. The van der Waals surface area contributed by atoms with Gasteiger partial charge in [-0.2, -0.15) is 5.48 Å². The molecule has 0 bridgehead atoms. The largest absolute Gasteiger partial charge is 0.334 e.